The first-order valence-corrected chi connectivity index (χ1v) is 7.88. The molecule has 2 N–H and O–H groups in total. The topological polar surface area (TPSA) is 69.6 Å². The molecule has 0 radical (unpaired) electrons. The number of carbonyl (C=O) groups excluding carboxylic acids is 1. The van der Waals surface area contributed by atoms with Crippen LogP contribution in [0.1, 0.15) is 5.01 Å². The second-order valence-electron chi connectivity index (χ2n) is 4.79. The molecule has 1 aromatic heterocycles. The largest absolute Gasteiger partial charge is 0.350 e. The number of thiazole rings is 1. The fourth-order valence-electron chi connectivity index (χ4n) is 1.72. The van der Waals surface area contributed by atoms with Crippen molar-refractivity contribution in [3.05, 3.63) is 28.2 Å². The second-order valence-corrected chi connectivity index (χ2v) is 6.34. The van der Waals surface area contributed by atoms with Crippen LogP contribution in [0.4, 0.5) is 0 Å². The molecule has 2 aromatic rings. The zero-order valence-corrected chi connectivity index (χ0v) is 14.3. The first kappa shape index (κ1) is 16.5. The normalized spacial score (nSPS) is 11.5. The number of aromatic nitrogens is 1. The summed E-state index contributed by atoms with van der Waals surface area (Å²) in [6.07, 6.45) is 0. The van der Waals surface area contributed by atoms with Crippen molar-refractivity contribution in [3.8, 4) is 0 Å². The van der Waals surface area contributed by atoms with Gasteiger partial charge in [0.15, 0.2) is 5.96 Å². The van der Waals surface area contributed by atoms with Gasteiger partial charge in [0.05, 0.1) is 23.3 Å². The van der Waals surface area contributed by atoms with Crippen molar-refractivity contribution in [2.24, 2.45) is 4.99 Å². The lowest BCUT2D eigenvalue weighted by Crippen LogP contribution is -2.42. The molecule has 0 fully saturated rings. The van der Waals surface area contributed by atoms with Gasteiger partial charge >= 0.3 is 0 Å². The van der Waals surface area contributed by atoms with Gasteiger partial charge in [-0.2, -0.15) is 0 Å². The summed E-state index contributed by atoms with van der Waals surface area (Å²) < 4.78 is 1.09. The molecule has 22 heavy (non-hydrogen) atoms. The Labute approximate surface area is 138 Å². The third-order valence-electron chi connectivity index (χ3n) is 2.93. The van der Waals surface area contributed by atoms with Crippen LogP contribution < -0.4 is 10.6 Å². The summed E-state index contributed by atoms with van der Waals surface area (Å²) in [6.45, 7) is 0.731. The summed E-state index contributed by atoms with van der Waals surface area (Å²) in [5.41, 5.74) is 0.889. The Morgan fingerprint density at radius 2 is 2.18 bits per heavy atom. The van der Waals surface area contributed by atoms with E-state index in [-0.39, 0.29) is 12.5 Å². The Kier molecular flexibility index (Phi) is 5.57. The van der Waals surface area contributed by atoms with Gasteiger partial charge in [-0.15, -0.1) is 11.3 Å². The predicted octanol–water partition coefficient (Wildman–Crippen LogP) is 1.70. The van der Waals surface area contributed by atoms with Crippen LogP contribution >= 0.6 is 22.9 Å². The lowest BCUT2D eigenvalue weighted by Gasteiger charge is -2.13. The average Bonchev–Trinajstić information content (AvgIpc) is 2.88. The van der Waals surface area contributed by atoms with Crippen LogP contribution in [0.3, 0.4) is 0 Å². The fourth-order valence-corrected chi connectivity index (χ4v) is 2.78. The molecule has 1 aromatic carbocycles. The van der Waals surface area contributed by atoms with E-state index in [2.05, 4.69) is 20.6 Å². The molecule has 1 amide bonds. The molecule has 0 unspecified atom stereocenters. The van der Waals surface area contributed by atoms with E-state index >= 15 is 0 Å². The molecule has 0 bridgehead atoms. The van der Waals surface area contributed by atoms with E-state index < -0.39 is 0 Å². The Morgan fingerprint density at radius 3 is 2.86 bits per heavy atom. The summed E-state index contributed by atoms with van der Waals surface area (Å²) in [7, 11) is 5.09. The standard InChI is InChI=1S/C14H18ClN5OS/c1-16-14(18-8-13(21)20(2)3)17-7-12-19-10-6-9(15)4-5-11(10)22-12/h4-6H,7-8H2,1-3H3,(H2,16,17,18). The summed E-state index contributed by atoms with van der Waals surface area (Å²) in [6, 6.07) is 5.66. The number of aliphatic imine (C=N–C) groups is 1. The summed E-state index contributed by atoms with van der Waals surface area (Å²) >= 11 is 7.56. The predicted molar refractivity (Wildman–Crippen MR) is 91.5 cm³/mol. The SMILES string of the molecule is CN=C(NCC(=O)N(C)C)NCc1nc2cc(Cl)ccc2s1. The Hall–Kier alpha value is -1.86. The van der Waals surface area contributed by atoms with Gasteiger partial charge in [-0.1, -0.05) is 11.6 Å². The molecule has 8 heteroatoms. The minimum absolute atomic E-state index is 0.0161. The number of nitrogens with zero attached hydrogens (tertiary/aromatic N) is 3. The highest BCUT2D eigenvalue weighted by Gasteiger charge is 2.07. The number of fused-ring (bicyclic) bond motifs is 1. The van der Waals surface area contributed by atoms with Crippen LogP contribution in [0.5, 0.6) is 0 Å². The van der Waals surface area contributed by atoms with Gasteiger partial charge in [-0.3, -0.25) is 9.79 Å². The Morgan fingerprint density at radius 1 is 1.41 bits per heavy atom. The van der Waals surface area contributed by atoms with Gasteiger partial charge in [-0.25, -0.2) is 4.98 Å². The second kappa shape index (κ2) is 7.42. The van der Waals surface area contributed by atoms with Crippen LogP contribution in [0.2, 0.25) is 5.02 Å². The van der Waals surface area contributed by atoms with Crippen LogP contribution in [0.15, 0.2) is 23.2 Å². The number of benzene rings is 1. The fraction of sp³-hybridized carbons (Fsp3) is 0.357. The van der Waals surface area contributed by atoms with Gasteiger partial charge in [-0.05, 0) is 18.2 Å². The van der Waals surface area contributed by atoms with E-state index in [4.69, 9.17) is 11.6 Å². The molecule has 0 aliphatic heterocycles. The number of carbonyl (C=O) groups is 1. The average molecular weight is 340 g/mol. The molecule has 0 aliphatic rings. The van der Waals surface area contributed by atoms with Crippen LogP contribution in [-0.4, -0.2) is 49.4 Å². The lowest BCUT2D eigenvalue weighted by atomic mass is 10.3. The van der Waals surface area contributed by atoms with E-state index in [9.17, 15) is 4.79 Å². The number of likely N-dealkylation sites (N-methyl/N-ethyl adjacent to an activating group) is 1. The molecule has 2 rings (SSSR count). The third kappa shape index (κ3) is 4.32. The van der Waals surface area contributed by atoms with E-state index in [0.29, 0.717) is 17.5 Å². The van der Waals surface area contributed by atoms with Gasteiger partial charge in [0.25, 0.3) is 0 Å². The minimum Gasteiger partial charge on any atom is -0.350 e. The first-order valence-electron chi connectivity index (χ1n) is 6.69. The zero-order valence-electron chi connectivity index (χ0n) is 12.7. The van der Waals surface area contributed by atoms with Gasteiger partial charge < -0.3 is 15.5 Å². The number of hydrogen-bond acceptors (Lipinski definition) is 4. The zero-order chi connectivity index (χ0) is 16.1. The molecule has 0 saturated heterocycles. The van der Waals surface area contributed by atoms with E-state index in [0.717, 1.165) is 15.2 Å². The number of halogens is 1. The third-order valence-corrected chi connectivity index (χ3v) is 4.20. The summed E-state index contributed by atoms with van der Waals surface area (Å²) in [4.78, 5) is 21.7. The molecule has 118 valence electrons. The molecular weight excluding hydrogens is 322 g/mol. The van der Waals surface area contributed by atoms with Gasteiger partial charge in [0.1, 0.15) is 5.01 Å². The van der Waals surface area contributed by atoms with Crippen molar-refractivity contribution in [2.75, 3.05) is 27.7 Å². The monoisotopic (exact) mass is 339 g/mol. The van der Waals surface area contributed by atoms with Crippen molar-refractivity contribution < 1.29 is 4.79 Å². The number of guanidine groups is 1. The smallest absolute Gasteiger partial charge is 0.241 e. The van der Waals surface area contributed by atoms with Crippen LogP contribution in [-0.2, 0) is 11.3 Å². The van der Waals surface area contributed by atoms with Crippen molar-refractivity contribution in [1.29, 1.82) is 0 Å². The molecular formula is C14H18ClN5OS. The lowest BCUT2D eigenvalue weighted by molar-refractivity contribution is -0.127. The van der Waals surface area contributed by atoms with Gasteiger partial charge in [0.2, 0.25) is 5.91 Å². The summed E-state index contributed by atoms with van der Waals surface area (Å²) in [5.74, 6) is 0.546. The molecule has 0 atom stereocenters. The summed E-state index contributed by atoms with van der Waals surface area (Å²) in [5, 5.41) is 7.71. The number of amides is 1. The Balaban J connectivity index is 1.93. The van der Waals surface area contributed by atoms with Crippen LogP contribution in [0, 0.1) is 0 Å². The highest BCUT2D eigenvalue weighted by Crippen LogP contribution is 2.24. The van der Waals surface area contributed by atoms with Crippen molar-refractivity contribution in [1.82, 2.24) is 20.5 Å². The van der Waals surface area contributed by atoms with Crippen molar-refractivity contribution >= 4 is 45.0 Å². The number of rotatable bonds is 4. The highest BCUT2D eigenvalue weighted by molar-refractivity contribution is 7.18. The maximum absolute atomic E-state index is 11.5. The molecule has 0 spiro atoms. The number of nitrogens with one attached hydrogen (secondary N) is 2. The van der Waals surface area contributed by atoms with Crippen LogP contribution in [0.25, 0.3) is 10.2 Å². The molecule has 1 heterocycles. The molecule has 6 nitrogen and oxygen atoms in total. The van der Waals surface area contributed by atoms with Crippen molar-refractivity contribution in [3.63, 3.8) is 0 Å². The van der Waals surface area contributed by atoms with E-state index in [1.807, 2.05) is 18.2 Å². The molecule has 0 saturated carbocycles. The highest BCUT2D eigenvalue weighted by atomic mass is 35.5. The van der Waals surface area contributed by atoms with E-state index in [1.54, 1.807) is 32.5 Å². The maximum atomic E-state index is 11.5. The Bertz CT molecular complexity index is 698. The number of hydrogen-bond donors (Lipinski definition) is 2. The van der Waals surface area contributed by atoms with E-state index in [1.165, 1.54) is 4.90 Å². The minimum atomic E-state index is -0.0161. The van der Waals surface area contributed by atoms with Crippen molar-refractivity contribution in [2.45, 2.75) is 6.54 Å². The quantitative estimate of drug-likeness (QED) is 0.657. The van der Waals surface area contributed by atoms with Gasteiger partial charge in [0, 0.05) is 26.2 Å². The first-order chi connectivity index (χ1) is 10.5. The maximum Gasteiger partial charge on any atom is 0.241 e. The molecule has 0 aliphatic carbocycles.